The average molecular weight is 202 g/mol. The Morgan fingerprint density at radius 1 is 1.36 bits per heavy atom. The summed E-state index contributed by atoms with van der Waals surface area (Å²) in [6, 6.07) is -0.780. The largest absolute Gasteiger partial charge is 0.394 e. The van der Waals surface area contributed by atoms with Crippen molar-refractivity contribution in [2.75, 3.05) is 24.7 Å². The van der Waals surface area contributed by atoms with Crippen molar-refractivity contribution in [3.8, 4) is 0 Å². The molecule has 0 amide bonds. The number of aliphatic hydroxyl groups is 3. The van der Waals surface area contributed by atoms with Crippen LogP contribution in [-0.4, -0.2) is 44.4 Å². The first-order valence-electron chi connectivity index (χ1n) is 4.10. The molecule has 80 valence electrons. The molecule has 0 radical (unpaired) electrons. The van der Waals surface area contributed by atoms with Crippen molar-refractivity contribution in [3.05, 3.63) is 6.20 Å². The van der Waals surface area contributed by atoms with Crippen LogP contribution in [0.2, 0.25) is 0 Å². The lowest BCUT2D eigenvalue weighted by atomic mass is 10.2. The van der Waals surface area contributed by atoms with Gasteiger partial charge in [-0.25, -0.2) is 4.68 Å². The van der Waals surface area contributed by atoms with Crippen LogP contribution in [-0.2, 0) is 0 Å². The number of anilines is 2. The summed E-state index contributed by atoms with van der Waals surface area (Å²) in [7, 11) is 0. The molecule has 7 heteroatoms. The third-order valence-electron chi connectivity index (χ3n) is 2.00. The monoisotopic (exact) mass is 202 g/mol. The van der Waals surface area contributed by atoms with Gasteiger partial charge < -0.3 is 26.8 Å². The topological polar surface area (TPSA) is 131 Å². The average Bonchev–Trinajstić information content (AvgIpc) is 2.50. The molecule has 1 heterocycles. The van der Waals surface area contributed by atoms with Crippen LogP contribution >= 0.6 is 0 Å². The van der Waals surface area contributed by atoms with Crippen molar-refractivity contribution in [3.63, 3.8) is 0 Å². The molecule has 0 bridgehead atoms. The first-order chi connectivity index (χ1) is 6.61. The van der Waals surface area contributed by atoms with Gasteiger partial charge in [-0.3, -0.25) is 0 Å². The minimum atomic E-state index is -1.12. The van der Waals surface area contributed by atoms with Gasteiger partial charge >= 0.3 is 0 Å². The lowest BCUT2D eigenvalue weighted by molar-refractivity contribution is 0.0245. The standard InChI is InChI=1S/C7H14N4O3/c8-4-1-10-11(7(4)9)5(2-12)6(14)3-13/h1,5-6,12-14H,2-3,8-9H2. The Bertz CT molecular complexity index is 301. The zero-order chi connectivity index (χ0) is 10.7. The van der Waals surface area contributed by atoms with Crippen LogP contribution in [0.25, 0.3) is 0 Å². The van der Waals surface area contributed by atoms with E-state index >= 15 is 0 Å². The number of nitrogens with zero attached hydrogens (tertiary/aromatic N) is 2. The van der Waals surface area contributed by atoms with Gasteiger partial charge in [-0.05, 0) is 0 Å². The molecule has 7 nitrogen and oxygen atoms in total. The maximum atomic E-state index is 9.34. The Kier molecular flexibility index (Phi) is 3.28. The maximum absolute atomic E-state index is 9.34. The molecule has 0 aliphatic heterocycles. The molecule has 0 aliphatic carbocycles. The lowest BCUT2D eigenvalue weighted by Crippen LogP contribution is -2.31. The smallest absolute Gasteiger partial charge is 0.145 e. The van der Waals surface area contributed by atoms with Crippen molar-refractivity contribution in [1.29, 1.82) is 0 Å². The normalized spacial score (nSPS) is 15.4. The quantitative estimate of drug-likeness (QED) is 0.381. The minimum Gasteiger partial charge on any atom is -0.394 e. The number of hydrogen-bond acceptors (Lipinski definition) is 6. The van der Waals surface area contributed by atoms with E-state index in [2.05, 4.69) is 5.10 Å². The summed E-state index contributed by atoms with van der Waals surface area (Å²) in [6.07, 6.45) is 0.198. The molecule has 0 saturated heterocycles. The van der Waals surface area contributed by atoms with Gasteiger partial charge in [0.1, 0.15) is 18.0 Å². The second kappa shape index (κ2) is 4.27. The molecule has 2 unspecified atom stereocenters. The van der Waals surface area contributed by atoms with E-state index in [1.165, 1.54) is 10.9 Å². The Morgan fingerprint density at radius 2 is 2.00 bits per heavy atom. The molecule has 0 aliphatic rings. The molecule has 1 rings (SSSR count). The van der Waals surface area contributed by atoms with Crippen LogP contribution in [0.3, 0.4) is 0 Å². The first kappa shape index (κ1) is 10.8. The maximum Gasteiger partial charge on any atom is 0.145 e. The number of hydrogen-bond donors (Lipinski definition) is 5. The highest BCUT2D eigenvalue weighted by atomic mass is 16.3. The van der Waals surface area contributed by atoms with Crippen LogP contribution in [0, 0.1) is 0 Å². The van der Waals surface area contributed by atoms with Gasteiger partial charge in [0, 0.05) is 0 Å². The summed E-state index contributed by atoms with van der Waals surface area (Å²) in [5, 5.41) is 30.8. The predicted molar refractivity (Wildman–Crippen MR) is 50.3 cm³/mol. The van der Waals surface area contributed by atoms with Gasteiger partial charge in [-0.2, -0.15) is 5.10 Å². The summed E-state index contributed by atoms with van der Waals surface area (Å²) in [4.78, 5) is 0. The summed E-state index contributed by atoms with van der Waals surface area (Å²) in [5.41, 5.74) is 11.3. The molecular weight excluding hydrogens is 188 g/mol. The van der Waals surface area contributed by atoms with Gasteiger partial charge in [-0.1, -0.05) is 0 Å². The molecule has 0 fully saturated rings. The summed E-state index contributed by atoms with van der Waals surface area (Å²) < 4.78 is 1.19. The fraction of sp³-hybridized carbons (Fsp3) is 0.571. The van der Waals surface area contributed by atoms with E-state index in [1.54, 1.807) is 0 Å². The molecular formula is C7H14N4O3. The molecule has 0 spiro atoms. The Morgan fingerprint density at radius 3 is 2.36 bits per heavy atom. The van der Waals surface area contributed by atoms with E-state index in [0.29, 0.717) is 0 Å². The minimum absolute atomic E-state index is 0.163. The Balaban J connectivity index is 2.94. The van der Waals surface area contributed by atoms with E-state index in [1.807, 2.05) is 0 Å². The number of rotatable bonds is 4. The molecule has 1 aromatic heterocycles. The van der Waals surface area contributed by atoms with Crippen molar-refractivity contribution in [1.82, 2.24) is 9.78 Å². The molecule has 0 aromatic carbocycles. The fourth-order valence-electron chi connectivity index (χ4n) is 1.13. The number of nitrogen functional groups attached to an aromatic ring is 2. The molecule has 2 atom stereocenters. The van der Waals surface area contributed by atoms with Gasteiger partial charge in [0.25, 0.3) is 0 Å². The van der Waals surface area contributed by atoms with Crippen LogP contribution in [0.1, 0.15) is 6.04 Å². The summed E-state index contributed by atoms with van der Waals surface area (Å²) in [5.74, 6) is 0.163. The Hall–Kier alpha value is -1.31. The van der Waals surface area contributed by atoms with E-state index in [9.17, 15) is 5.11 Å². The number of aromatic nitrogens is 2. The molecule has 7 N–H and O–H groups in total. The molecule has 14 heavy (non-hydrogen) atoms. The van der Waals surface area contributed by atoms with Crippen LogP contribution in [0.5, 0.6) is 0 Å². The Labute approximate surface area is 80.6 Å². The van der Waals surface area contributed by atoms with Crippen LogP contribution in [0.4, 0.5) is 11.5 Å². The zero-order valence-corrected chi connectivity index (χ0v) is 7.54. The second-order valence-electron chi connectivity index (χ2n) is 2.93. The van der Waals surface area contributed by atoms with Crippen molar-refractivity contribution in [2.24, 2.45) is 0 Å². The lowest BCUT2D eigenvalue weighted by Gasteiger charge is -2.20. The number of aliphatic hydroxyl groups excluding tert-OH is 3. The van der Waals surface area contributed by atoms with Gasteiger partial charge in [0.15, 0.2) is 0 Å². The van der Waals surface area contributed by atoms with Crippen molar-refractivity contribution < 1.29 is 15.3 Å². The van der Waals surface area contributed by atoms with E-state index in [-0.39, 0.29) is 18.1 Å². The van der Waals surface area contributed by atoms with Gasteiger partial charge in [0.05, 0.1) is 25.1 Å². The van der Waals surface area contributed by atoms with Crippen molar-refractivity contribution in [2.45, 2.75) is 12.1 Å². The van der Waals surface area contributed by atoms with E-state index in [4.69, 9.17) is 21.7 Å². The second-order valence-corrected chi connectivity index (χ2v) is 2.93. The highest BCUT2D eigenvalue weighted by Crippen LogP contribution is 2.20. The van der Waals surface area contributed by atoms with Crippen molar-refractivity contribution >= 4 is 11.5 Å². The number of nitrogens with two attached hydrogens (primary N) is 2. The SMILES string of the molecule is Nc1cnn(C(CO)C(O)CO)c1N. The first-order valence-corrected chi connectivity index (χ1v) is 4.10. The predicted octanol–water partition coefficient (Wildman–Crippen LogP) is -2.07. The summed E-state index contributed by atoms with van der Waals surface area (Å²) >= 11 is 0. The third kappa shape index (κ3) is 1.79. The zero-order valence-electron chi connectivity index (χ0n) is 7.54. The van der Waals surface area contributed by atoms with Gasteiger partial charge in [0.2, 0.25) is 0 Å². The summed E-state index contributed by atoms with van der Waals surface area (Å²) in [6.45, 7) is -0.864. The third-order valence-corrected chi connectivity index (χ3v) is 2.00. The highest BCUT2D eigenvalue weighted by Gasteiger charge is 2.22. The fourth-order valence-corrected chi connectivity index (χ4v) is 1.13. The van der Waals surface area contributed by atoms with E-state index in [0.717, 1.165) is 0 Å². The molecule has 0 saturated carbocycles. The van der Waals surface area contributed by atoms with Gasteiger partial charge in [-0.15, -0.1) is 0 Å². The van der Waals surface area contributed by atoms with E-state index < -0.39 is 18.8 Å². The molecule has 1 aromatic rings. The highest BCUT2D eigenvalue weighted by molar-refractivity contribution is 5.57. The van der Waals surface area contributed by atoms with Crippen LogP contribution < -0.4 is 11.5 Å². The van der Waals surface area contributed by atoms with Crippen LogP contribution in [0.15, 0.2) is 6.20 Å².